The maximum Gasteiger partial charge on any atom is 0.165 e. The van der Waals surface area contributed by atoms with Gasteiger partial charge in [-0.05, 0) is 54.6 Å². The molecule has 8 heteroatoms. The second-order valence-corrected chi connectivity index (χ2v) is 7.35. The Hall–Kier alpha value is -3.66. The van der Waals surface area contributed by atoms with Crippen LogP contribution in [-0.4, -0.2) is 24.1 Å². The Kier molecular flexibility index (Phi) is 4.47. The van der Waals surface area contributed by atoms with E-state index in [9.17, 15) is 0 Å². The van der Waals surface area contributed by atoms with Crippen molar-refractivity contribution in [3.8, 4) is 34.5 Å². The molecule has 0 aliphatic carbocycles. The van der Waals surface area contributed by atoms with Crippen molar-refractivity contribution in [3.63, 3.8) is 0 Å². The average molecular weight is 431 g/mol. The summed E-state index contributed by atoms with van der Waals surface area (Å²) in [4.78, 5) is 9.35. The second kappa shape index (κ2) is 7.30. The van der Waals surface area contributed by atoms with E-state index in [2.05, 4.69) is 16.2 Å². The highest BCUT2D eigenvalue weighted by Gasteiger charge is 2.23. The summed E-state index contributed by atoms with van der Waals surface area (Å²) in [7, 11) is 0. The Morgan fingerprint density at radius 2 is 1.80 bits per heavy atom. The van der Waals surface area contributed by atoms with Gasteiger partial charge in [0.05, 0.1) is 16.7 Å². The van der Waals surface area contributed by atoms with Gasteiger partial charge in [0.2, 0.25) is 0 Å². The number of nitrogens with zero attached hydrogens (tertiary/aromatic N) is 6. The lowest BCUT2D eigenvalue weighted by atomic mass is 10.1. The highest BCUT2D eigenvalue weighted by atomic mass is 35.5. The smallest absolute Gasteiger partial charge is 0.165 e. The zero-order valence-corrected chi connectivity index (χ0v) is 16.9. The molecule has 0 radical (unpaired) electrons. The van der Waals surface area contributed by atoms with Gasteiger partial charge in [0.25, 0.3) is 0 Å². The quantitative estimate of drug-likeness (QED) is 0.382. The zero-order valence-electron chi connectivity index (χ0n) is 15.4. The summed E-state index contributed by atoms with van der Waals surface area (Å²) in [5.74, 6) is 0.636. The monoisotopic (exact) mass is 430 g/mol. The molecule has 5 rings (SSSR count). The van der Waals surface area contributed by atoms with Gasteiger partial charge in [-0.15, -0.1) is 0 Å². The van der Waals surface area contributed by atoms with Gasteiger partial charge in [0.15, 0.2) is 11.5 Å². The fourth-order valence-electron chi connectivity index (χ4n) is 3.34. The molecule has 0 bridgehead atoms. The number of aromatic nitrogens is 5. The fraction of sp³-hybridized carbons (Fsp3) is 0. The number of hydrogen-bond acceptors (Lipinski definition) is 4. The number of halogens is 2. The minimum absolute atomic E-state index is 0.528. The molecule has 0 N–H and O–H groups in total. The van der Waals surface area contributed by atoms with Crippen LogP contribution in [0.25, 0.3) is 34.1 Å². The van der Waals surface area contributed by atoms with Crippen LogP contribution in [-0.2, 0) is 0 Å². The first-order chi connectivity index (χ1) is 14.7. The Labute approximate surface area is 181 Å². The van der Waals surface area contributed by atoms with Gasteiger partial charge in [0, 0.05) is 34.9 Å². The van der Waals surface area contributed by atoms with Crippen LogP contribution < -0.4 is 0 Å². The van der Waals surface area contributed by atoms with Crippen molar-refractivity contribution in [1.82, 2.24) is 24.1 Å². The van der Waals surface area contributed by atoms with Crippen LogP contribution in [0.2, 0.25) is 10.0 Å². The maximum absolute atomic E-state index is 9.08. The van der Waals surface area contributed by atoms with E-state index in [1.807, 2.05) is 35.0 Å². The largest absolute Gasteiger partial charge is 0.298 e. The molecule has 0 saturated heterocycles. The molecule has 3 heterocycles. The number of fused-ring (bicyclic) bond motifs is 1. The van der Waals surface area contributed by atoms with E-state index in [0.717, 1.165) is 5.69 Å². The molecule has 0 saturated carbocycles. The molecule has 0 unspecified atom stereocenters. The highest BCUT2D eigenvalue weighted by Crippen LogP contribution is 2.37. The van der Waals surface area contributed by atoms with E-state index in [-0.39, 0.29) is 0 Å². The highest BCUT2D eigenvalue weighted by molar-refractivity contribution is 6.35. The van der Waals surface area contributed by atoms with E-state index in [1.165, 1.54) is 0 Å². The molecule has 0 fully saturated rings. The number of hydrogen-bond donors (Lipinski definition) is 0. The molecule has 6 nitrogen and oxygen atoms in total. The van der Waals surface area contributed by atoms with Crippen molar-refractivity contribution in [2.75, 3.05) is 0 Å². The van der Waals surface area contributed by atoms with Gasteiger partial charge >= 0.3 is 0 Å². The minimum Gasteiger partial charge on any atom is -0.298 e. The van der Waals surface area contributed by atoms with Crippen molar-refractivity contribution in [2.45, 2.75) is 0 Å². The first-order valence-corrected chi connectivity index (χ1v) is 9.75. The number of imidazole rings is 2. The molecule has 144 valence electrons. The summed E-state index contributed by atoms with van der Waals surface area (Å²) < 4.78 is 3.65. The molecule has 0 aliphatic heterocycles. The lowest BCUT2D eigenvalue weighted by Crippen LogP contribution is -2.01. The summed E-state index contributed by atoms with van der Waals surface area (Å²) >= 11 is 12.7. The van der Waals surface area contributed by atoms with Gasteiger partial charge in [-0.2, -0.15) is 10.4 Å². The van der Waals surface area contributed by atoms with Crippen LogP contribution >= 0.6 is 23.2 Å². The van der Waals surface area contributed by atoms with E-state index >= 15 is 0 Å². The third kappa shape index (κ3) is 3.01. The Morgan fingerprint density at radius 3 is 2.60 bits per heavy atom. The SMILES string of the molecule is N#Cc1ccc(-n2ccnc2-c2c(-c3cc(Cl)ccc3Cl)nc3cccnn23)cc1. The zero-order chi connectivity index (χ0) is 20.7. The third-order valence-corrected chi connectivity index (χ3v) is 5.27. The van der Waals surface area contributed by atoms with Gasteiger partial charge in [-0.25, -0.2) is 14.5 Å². The lowest BCUT2D eigenvalue weighted by molar-refractivity contribution is 0.922. The van der Waals surface area contributed by atoms with Crippen LogP contribution in [0.15, 0.2) is 73.2 Å². The van der Waals surface area contributed by atoms with E-state index in [1.54, 1.807) is 47.2 Å². The standard InChI is InChI=1S/C22H12Cl2N6/c23-15-5-8-18(24)17(12-15)20-21(30-19(28-20)2-1-9-27-30)22-26-10-11-29(22)16-6-3-14(13-25)4-7-16/h1-12H. The van der Waals surface area contributed by atoms with Crippen LogP contribution in [0.4, 0.5) is 0 Å². The summed E-state index contributed by atoms with van der Waals surface area (Å²) in [6, 6.07) is 18.3. The van der Waals surface area contributed by atoms with Crippen molar-refractivity contribution in [3.05, 3.63) is 88.8 Å². The molecule has 0 aliphatic rings. The molecule has 0 atom stereocenters. The average Bonchev–Trinajstić information content (AvgIpc) is 3.39. The molecule has 0 amide bonds. The van der Waals surface area contributed by atoms with Gasteiger partial charge in [0.1, 0.15) is 11.4 Å². The van der Waals surface area contributed by atoms with Gasteiger partial charge < -0.3 is 0 Å². The van der Waals surface area contributed by atoms with E-state index < -0.39 is 0 Å². The van der Waals surface area contributed by atoms with Gasteiger partial charge in [-0.3, -0.25) is 4.57 Å². The Bertz CT molecular complexity index is 1430. The predicted molar refractivity (Wildman–Crippen MR) is 116 cm³/mol. The third-order valence-electron chi connectivity index (χ3n) is 4.70. The predicted octanol–water partition coefficient (Wildman–Crippen LogP) is 5.43. The van der Waals surface area contributed by atoms with Crippen molar-refractivity contribution < 1.29 is 0 Å². The number of rotatable bonds is 3. The molecule has 3 aromatic heterocycles. The van der Waals surface area contributed by atoms with Crippen LogP contribution in [0.1, 0.15) is 5.56 Å². The van der Waals surface area contributed by atoms with Crippen molar-refractivity contribution in [1.29, 1.82) is 5.26 Å². The maximum atomic E-state index is 9.08. The molecule has 0 spiro atoms. The Morgan fingerprint density at radius 1 is 0.967 bits per heavy atom. The summed E-state index contributed by atoms with van der Waals surface area (Å²) in [6.07, 6.45) is 5.25. The number of benzene rings is 2. The van der Waals surface area contributed by atoms with Gasteiger partial charge in [-0.1, -0.05) is 23.2 Å². The second-order valence-electron chi connectivity index (χ2n) is 6.51. The first kappa shape index (κ1) is 18.4. The normalized spacial score (nSPS) is 11.0. The molecular weight excluding hydrogens is 419 g/mol. The van der Waals surface area contributed by atoms with E-state index in [4.69, 9.17) is 33.4 Å². The van der Waals surface area contributed by atoms with Crippen LogP contribution in [0.5, 0.6) is 0 Å². The summed E-state index contributed by atoms with van der Waals surface area (Å²) in [6.45, 7) is 0. The molecule has 5 aromatic rings. The number of nitriles is 1. The molecule has 2 aromatic carbocycles. The summed E-state index contributed by atoms with van der Waals surface area (Å²) in [5, 5.41) is 14.6. The summed E-state index contributed by atoms with van der Waals surface area (Å²) in [5.41, 5.74) is 4.11. The van der Waals surface area contributed by atoms with E-state index in [0.29, 0.717) is 44.0 Å². The molecular formula is C22H12Cl2N6. The van der Waals surface area contributed by atoms with Crippen LogP contribution in [0, 0.1) is 11.3 Å². The van der Waals surface area contributed by atoms with Crippen molar-refractivity contribution in [2.24, 2.45) is 0 Å². The molecule has 30 heavy (non-hydrogen) atoms. The Balaban J connectivity index is 1.79. The fourth-order valence-corrected chi connectivity index (χ4v) is 3.72. The topological polar surface area (TPSA) is 71.8 Å². The van der Waals surface area contributed by atoms with Crippen LogP contribution in [0.3, 0.4) is 0 Å². The minimum atomic E-state index is 0.528. The van der Waals surface area contributed by atoms with Crippen molar-refractivity contribution >= 4 is 28.8 Å². The lowest BCUT2D eigenvalue weighted by Gasteiger charge is -2.10. The first-order valence-electron chi connectivity index (χ1n) is 8.99.